The minimum atomic E-state index is 0. The molecular weight excluding hydrogens is 690 g/mol. The van der Waals surface area contributed by atoms with Gasteiger partial charge in [0.15, 0.2) is 6.20 Å². The number of aromatic nitrogens is 1. The van der Waals surface area contributed by atoms with E-state index in [1.807, 2.05) is 18.2 Å². The molecule has 0 aliphatic heterocycles. The van der Waals surface area contributed by atoms with Crippen LogP contribution < -0.4 is 29.0 Å². The minimum Gasteiger partial charge on any atom is -0.868 e. The summed E-state index contributed by atoms with van der Waals surface area (Å²) in [6.45, 7) is 0. The molecule has 13 aromatic rings. The van der Waals surface area contributed by atoms with Gasteiger partial charge in [-0.25, -0.2) is 4.98 Å². The van der Waals surface area contributed by atoms with E-state index >= 15 is 0 Å². The molecule has 2 aromatic heterocycles. The maximum absolute atomic E-state index is 11.1. The van der Waals surface area contributed by atoms with Crippen molar-refractivity contribution in [1.29, 1.82) is 0 Å². The predicted octanol–water partition coefficient (Wildman–Crippen LogP) is 10.4. The molecule has 11 aromatic carbocycles. The van der Waals surface area contributed by atoms with Crippen LogP contribution in [0.5, 0.6) is 5.75 Å². The molecule has 0 saturated carbocycles. The second-order valence-corrected chi connectivity index (χ2v) is 14.9. The molecule has 1 N–H and O–H groups in total. The number of hydrogen-bond acceptors (Lipinski definition) is 2. The molecule has 0 radical (unpaired) electrons. The summed E-state index contributed by atoms with van der Waals surface area (Å²) >= 11 is 0. The largest absolute Gasteiger partial charge is 1.00 e. The smallest absolute Gasteiger partial charge is 0.868 e. The average molecular weight is 721 g/mol. The number of fused-ring (bicyclic) bond motifs is 4. The molecule has 57 heavy (non-hydrogen) atoms. The van der Waals surface area contributed by atoms with E-state index in [0.717, 1.165) is 27.3 Å². The number of hydrogen-bond donors (Lipinski definition) is 0. The van der Waals surface area contributed by atoms with Crippen LogP contribution in [0, 0.1) is 0 Å². The Hall–Kier alpha value is -6.89. The molecule has 0 aliphatic carbocycles. The van der Waals surface area contributed by atoms with E-state index in [2.05, 4.69) is 151 Å². The fourth-order valence-electron chi connectivity index (χ4n) is 9.21. The Bertz CT molecular complexity index is 3440. The molecule has 0 amide bonds. The Kier molecular flexibility index (Phi) is 7.53. The zero-order chi connectivity index (χ0) is 36.9. The Balaban J connectivity index is 0.000000270. The van der Waals surface area contributed by atoms with Crippen molar-refractivity contribution in [3.05, 3.63) is 182 Å². The van der Waals surface area contributed by atoms with Crippen LogP contribution in [0.4, 0.5) is 0 Å². The van der Waals surface area contributed by atoms with Gasteiger partial charge in [0, 0.05) is 22.2 Å². The number of benzene rings is 11. The standard InChI is InChI=1S/C44H24O.C9H7NO.Li/c1-3-25-7-9-29-11-17-33(35-19-13-27(5-1)41(25)43(29)35)31-15-21-39-37(23-31)38-24-32(16-22-40(38)45-39)34-18-12-30-10-8-26-4-2-6-28-14-20-36(34)44(30)42(26)28;11-8-5-1-3-7-4-2-6-10-9(7)8;/h1-24H;1-6,11H;/q;;+1. The molecule has 0 saturated heterocycles. The number of furan rings is 1. The zero-order valence-corrected chi connectivity index (χ0v) is 31.1. The fourth-order valence-corrected chi connectivity index (χ4v) is 9.21. The molecular formula is C53H31LiNO2+. The van der Waals surface area contributed by atoms with Gasteiger partial charge in [-0.15, -0.1) is 0 Å². The number of nitrogens with one attached hydrogen (secondary N) is 1. The normalized spacial score (nSPS) is 11.8. The van der Waals surface area contributed by atoms with E-state index in [4.69, 9.17) is 4.42 Å². The molecule has 0 atom stereocenters. The Labute approximate surface area is 339 Å². The summed E-state index contributed by atoms with van der Waals surface area (Å²) < 4.78 is 6.39. The Morgan fingerprint density at radius 1 is 0.368 bits per heavy atom. The average Bonchev–Trinajstić information content (AvgIpc) is 3.62. The van der Waals surface area contributed by atoms with E-state index in [0.29, 0.717) is 5.52 Å². The van der Waals surface area contributed by atoms with Gasteiger partial charge in [0.1, 0.15) is 11.2 Å². The van der Waals surface area contributed by atoms with Crippen LogP contribution in [0.15, 0.2) is 187 Å². The van der Waals surface area contributed by atoms with Crippen molar-refractivity contribution in [3.8, 4) is 28.0 Å². The van der Waals surface area contributed by atoms with Crippen molar-refractivity contribution in [2.45, 2.75) is 0 Å². The van der Waals surface area contributed by atoms with E-state index in [9.17, 15) is 5.11 Å². The number of pyridine rings is 1. The molecule has 0 spiro atoms. The van der Waals surface area contributed by atoms with Crippen LogP contribution in [0.2, 0.25) is 0 Å². The topological polar surface area (TPSA) is 50.3 Å². The van der Waals surface area contributed by atoms with Gasteiger partial charge in [0.25, 0.3) is 0 Å². The Morgan fingerprint density at radius 2 is 0.789 bits per heavy atom. The second kappa shape index (κ2) is 12.8. The summed E-state index contributed by atoms with van der Waals surface area (Å²) in [6, 6.07) is 62.7. The number of aromatic amines is 1. The molecule has 260 valence electrons. The van der Waals surface area contributed by atoms with Crippen LogP contribution in [-0.2, 0) is 0 Å². The van der Waals surface area contributed by atoms with Gasteiger partial charge in [0.05, 0.1) is 0 Å². The monoisotopic (exact) mass is 720 g/mol. The maximum atomic E-state index is 11.1. The van der Waals surface area contributed by atoms with Gasteiger partial charge in [-0.05, 0) is 129 Å². The predicted molar refractivity (Wildman–Crippen MR) is 232 cm³/mol. The summed E-state index contributed by atoms with van der Waals surface area (Å²) in [5, 5.41) is 30.1. The van der Waals surface area contributed by atoms with Crippen molar-refractivity contribution in [2.75, 3.05) is 0 Å². The SMILES string of the molecule is [Li+].[O-]c1cccc2ccc[nH+]c12.c1cc2ccc3ccc(-c4ccc5oc6ccc(-c7ccc8ccc9cccc%10ccc7c8c9%10)cc6c5c4)c4ccc(c1)c2c34. The van der Waals surface area contributed by atoms with Crippen molar-refractivity contribution in [2.24, 2.45) is 0 Å². The molecule has 13 rings (SSSR count). The minimum absolute atomic E-state index is 0. The first-order valence-electron chi connectivity index (χ1n) is 19.0. The molecule has 0 unspecified atom stereocenters. The summed E-state index contributed by atoms with van der Waals surface area (Å²) in [4.78, 5) is 2.91. The molecule has 2 heterocycles. The molecule has 4 heteroatoms. The van der Waals surface area contributed by atoms with Gasteiger partial charge >= 0.3 is 18.9 Å². The van der Waals surface area contributed by atoms with Crippen LogP contribution in [0.1, 0.15) is 0 Å². The number of para-hydroxylation sites is 1. The molecule has 0 aliphatic rings. The quantitative estimate of drug-likeness (QED) is 0.132. The van der Waals surface area contributed by atoms with Gasteiger partial charge in [-0.1, -0.05) is 133 Å². The molecule has 0 bridgehead atoms. The van der Waals surface area contributed by atoms with Crippen LogP contribution in [0.3, 0.4) is 0 Å². The first kappa shape index (κ1) is 33.4. The molecule has 3 nitrogen and oxygen atoms in total. The Morgan fingerprint density at radius 3 is 1.30 bits per heavy atom. The third-order valence-electron chi connectivity index (χ3n) is 11.8. The third kappa shape index (κ3) is 5.10. The summed E-state index contributed by atoms with van der Waals surface area (Å²) in [7, 11) is 0. The van der Waals surface area contributed by atoms with Crippen molar-refractivity contribution in [3.63, 3.8) is 0 Å². The van der Waals surface area contributed by atoms with E-state index in [-0.39, 0.29) is 24.6 Å². The number of rotatable bonds is 2. The first-order valence-corrected chi connectivity index (χ1v) is 19.0. The van der Waals surface area contributed by atoms with Gasteiger partial charge < -0.3 is 9.52 Å². The van der Waals surface area contributed by atoms with Crippen LogP contribution in [-0.4, -0.2) is 0 Å². The third-order valence-corrected chi connectivity index (χ3v) is 11.8. The van der Waals surface area contributed by atoms with Crippen LogP contribution in [0.25, 0.3) is 120 Å². The van der Waals surface area contributed by atoms with Gasteiger partial charge in [-0.3, -0.25) is 0 Å². The van der Waals surface area contributed by atoms with Gasteiger partial charge in [0.2, 0.25) is 5.52 Å². The van der Waals surface area contributed by atoms with E-state index in [1.165, 1.54) is 86.9 Å². The fraction of sp³-hybridized carbons (Fsp3) is 0. The molecule has 0 fully saturated rings. The van der Waals surface area contributed by atoms with Gasteiger partial charge in [-0.2, -0.15) is 0 Å². The summed E-state index contributed by atoms with van der Waals surface area (Å²) in [5.41, 5.74) is 7.42. The van der Waals surface area contributed by atoms with Crippen LogP contribution >= 0.6 is 0 Å². The number of H-pyrrole nitrogens is 1. The van der Waals surface area contributed by atoms with E-state index in [1.54, 1.807) is 18.3 Å². The van der Waals surface area contributed by atoms with Crippen molar-refractivity contribution < 1.29 is 33.4 Å². The zero-order valence-electron chi connectivity index (χ0n) is 31.1. The first-order chi connectivity index (χ1) is 27.7. The maximum Gasteiger partial charge on any atom is 1.00 e. The van der Waals surface area contributed by atoms with Crippen molar-refractivity contribution >= 4 is 97.5 Å². The summed E-state index contributed by atoms with van der Waals surface area (Å²) in [5.74, 6) is 0.0445. The van der Waals surface area contributed by atoms with E-state index < -0.39 is 0 Å². The summed E-state index contributed by atoms with van der Waals surface area (Å²) in [6.07, 6.45) is 1.75. The van der Waals surface area contributed by atoms with Crippen molar-refractivity contribution in [1.82, 2.24) is 0 Å². The second-order valence-electron chi connectivity index (χ2n) is 14.9.